The second kappa shape index (κ2) is 7.43. The monoisotopic (exact) mass is 378 g/mol. The van der Waals surface area contributed by atoms with Gasteiger partial charge in [-0.15, -0.1) is 0 Å². The Morgan fingerprint density at radius 2 is 1.81 bits per heavy atom. The van der Waals surface area contributed by atoms with Crippen molar-refractivity contribution in [3.8, 4) is 0 Å². The Balaban J connectivity index is 1.91. The molecule has 2 aliphatic rings. The molecule has 2 aliphatic heterocycles. The smallest absolute Gasteiger partial charge is 0.344 e. The van der Waals surface area contributed by atoms with Gasteiger partial charge in [-0.05, 0) is 32.5 Å². The second-order valence-electron chi connectivity index (χ2n) is 6.90. The first kappa shape index (κ1) is 19.0. The standard InChI is InChI=1S/C18H23FN4O4/c1-11-9-12-15(23(11)20-10-13(17(24)25)18(26)27)4-3-14(19)16(12)22-7-5-21(2)6-8-22/h3-4,10-11,20H,5-9H2,1-2H3,(H,24,25)(H,26,27). The van der Waals surface area contributed by atoms with Crippen molar-refractivity contribution in [2.24, 2.45) is 0 Å². The number of benzene rings is 1. The fourth-order valence-corrected chi connectivity index (χ4v) is 3.57. The van der Waals surface area contributed by atoms with E-state index in [0.29, 0.717) is 12.1 Å². The number of rotatable bonds is 5. The van der Waals surface area contributed by atoms with Crippen molar-refractivity contribution in [1.29, 1.82) is 0 Å². The summed E-state index contributed by atoms with van der Waals surface area (Å²) in [7, 11) is 2.03. The number of hydrogen-bond donors (Lipinski definition) is 3. The van der Waals surface area contributed by atoms with Gasteiger partial charge in [0.25, 0.3) is 0 Å². The van der Waals surface area contributed by atoms with E-state index in [1.54, 1.807) is 11.1 Å². The first-order chi connectivity index (χ1) is 12.8. The maximum atomic E-state index is 14.6. The van der Waals surface area contributed by atoms with Crippen molar-refractivity contribution in [1.82, 2.24) is 10.3 Å². The zero-order chi connectivity index (χ0) is 19.7. The molecule has 0 radical (unpaired) electrons. The van der Waals surface area contributed by atoms with Crippen LogP contribution < -0.4 is 15.3 Å². The van der Waals surface area contributed by atoms with E-state index in [-0.39, 0.29) is 11.9 Å². The molecule has 2 heterocycles. The molecular weight excluding hydrogens is 355 g/mol. The molecule has 1 fully saturated rings. The molecule has 0 spiro atoms. The molecule has 146 valence electrons. The normalized spacial score (nSPS) is 19.6. The van der Waals surface area contributed by atoms with E-state index < -0.39 is 17.5 Å². The van der Waals surface area contributed by atoms with Crippen LogP contribution in [-0.4, -0.2) is 66.3 Å². The highest BCUT2D eigenvalue weighted by Gasteiger charge is 2.32. The van der Waals surface area contributed by atoms with Crippen molar-refractivity contribution in [3.63, 3.8) is 0 Å². The largest absolute Gasteiger partial charge is 0.477 e. The summed E-state index contributed by atoms with van der Waals surface area (Å²) in [6.45, 7) is 5.07. The van der Waals surface area contributed by atoms with Gasteiger partial charge < -0.3 is 25.4 Å². The Bertz CT molecular complexity index is 774. The summed E-state index contributed by atoms with van der Waals surface area (Å²) in [4.78, 5) is 26.3. The van der Waals surface area contributed by atoms with E-state index >= 15 is 0 Å². The van der Waals surface area contributed by atoms with Gasteiger partial charge >= 0.3 is 11.9 Å². The van der Waals surface area contributed by atoms with Gasteiger partial charge in [-0.25, -0.2) is 14.0 Å². The number of hydrogen-bond acceptors (Lipinski definition) is 6. The van der Waals surface area contributed by atoms with E-state index in [1.165, 1.54) is 6.07 Å². The predicted molar refractivity (Wildman–Crippen MR) is 98.2 cm³/mol. The third-order valence-electron chi connectivity index (χ3n) is 5.04. The van der Waals surface area contributed by atoms with E-state index in [4.69, 9.17) is 10.2 Å². The molecule has 27 heavy (non-hydrogen) atoms. The number of likely N-dealkylation sites (N-methyl/N-ethyl adjacent to an activating group) is 1. The lowest BCUT2D eigenvalue weighted by molar-refractivity contribution is -0.140. The van der Waals surface area contributed by atoms with Crippen LogP contribution in [0.4, 0.5) is 15.8 Å². The minimum absolute atomic E-state index is 0.0897. The van der Waals surface area contributed by atoms with Gasteiger partial charge in [-0.2, -0.15) is 0 Å². The predicted octanol–water partition coefficient (Wildman–Crippen LogP) is 0.886. The van der Waals surface area contributed by atoms with Crippen LogP contribution in [0, 0.1) is 5.82 Å². The van der Waals surface area contributed by atoms with Crippen LogP contribution in [0.5, 0.6) is 0 Å². The van der Waals surface area contributed by atoms with Gasteiger partial charge in [0.05, 0.1) is 17.4 Å². The van der Waals surface area contributed by atoms with Gasteiger partial charge in [0.2, 0.25) is 0 Å². The number of carbonyl (C=O) groups is 2. The van der Waals surface area contributed by atoms with Gasteiger partial charge in [0.15, 0.2) is 5.57 Å². The summed E-state index contributed by atoms with van der Waals surface area (Å²) < 4.78 is 14.6. The number of aliphatic carboxylic acids is 2. The second-order valence-corrected chi connectivity index (χ2v) is 6.90. The lowest BCUT2D eigenvalue weighted by Crippen LogP contribution is -2.45. The number of nitrogens with zero attached hydrogens (tertiary/aromatic N) is 3. The summed E-state index contributed by atoms with van der Waals surface area (Å²) in [5.74, 6) is -3.33. The van der Waals surface area contributed by atoms with Gasteiger partial charge in [-0.3, -0.25) is 5.01 Å². The van der Waals surface area contributed by atoms with Gasteiger partial charge in [-0.1, -0.05) is 0 Å². The molecule has 3 rings (SSSR count). The van der Waals surface area contributed by atoms with Crippen molar-refractivity contribution in [3.05, 3.63) is 35.3 Å². The van der Waals surface area contributed by atoms with E-state index in [2.05, 4.69) is 10.3 Å². The van der Waals surface area contributed by atoms with Gasteiger partial charge in [0.1, 0.15) is 5.82 Å². The summed E-state index contributed by atoms with van der Waals surface area (Å²) in [5.41, 5.74) is 4.16. The molecule has 1 saturated heterocycles. The van der Waals surface area contributed by atoms with Crippen LogP contribution >= 0.6 is 0 Å². The Kier molecular flexibility index (Phi) is 5.22. The Morgan fingerprint density at radius 3 is 2.41 bits per heavy atom. The Morgan fingerprint density at radius 1 is 1.19 bits per heavy atom. The van der Waals surface area contributed by atoms with Crippen molar-refractivity contribution in [2.75, 3.05) is 43.1 Å². The minimum Gasteiger partial charge on any atom is -0.477 e. The SMILES string of the molecule is CC1Cc2c(ccc(F)c2N2CCN(C)CC2)N1NC=C(C(=O)O)C(=O)O. The highest BCUT2D eigenvalue weighted by molar-refractivity contribution is 6.12. The third-order valence-corrected chi connectivity index (χ3v) is 5.04. The molecule has 1 aromatic rings. The van der Waals surface area contributed by atoms with Crippen LogP contribution in [0.3, 0.4) is 0 Å². The number of piperazine rings is 1. The van der Waals surface area contributed by atoms with Crippen LogP contribution in [0.1, 0.15) is 12.5 Å². The van der Waals surface area contributed by atoms with E-state index in [1.807, 2.05) is 18.9 Å². The molecule has 0 saturated carbocycles. The molecule has 0 aromatic heterocycles. The van der Waals surface area contributed by atoms with E-state index in [0.717, 1.165) is 43.6 Å². The summed E-state index contributed by atoms with van der Waals surface area (Å²) in [5, 5.41) is 19.6. The van der Waals surface area contributed by atoms with E-state index in [9.17, 15) is 14.0 Å². The highest BCUT2D eigenvalue weighted by atomic mass is 19.1. The lowest BCUT2D eigenvalue weighted by atomic mass is 10.1. The lowest BCUT2D eigenvalue weighted by Gasteiger charge is -2.35. The molecular formula is C18H23FN4O4. The molecule has 3 N–H and O–H groups in total. The number of carboxylic acids is 2. The number of anilines is 2. The number of hydrazine groups is 1. The van der Waals surface area contributed by atoms with Crippen LogP contribution in [-0.2, 0) is 16.0 Å². The molecule has 0 bridgehead atoms. The Labute approximate surface area is 156 Å². The summed E-state index contributed by atoms with van der Waals surface area (Å²) in [6, 6.07) is 2.95. The topological polar surface area (TPSA) is 96.4 Å². The fourth-order valence-electron chi connectivity index (χ4n) is 3.57. The summed E-state index contributed by atoms with van der Waals surface area (Å²) in [6.07, 6.45) is 1.53. The number of nitrogens with one attached hydrogen (secondary N) is 1. The fraction of sp³-hybridized carbons (Fsp3) is 0.444. The zero-order valence-corrected chi connectivity index (χ0v) is 15.3. The molecule has 0 aliphatic carbocycles. The molecule has 8 nitrogen and oxygen atoms in total. The summed E-state index contributed by atoms with van der Waals surface area (Å²) >= 11 is 0. The third kappa shape index (κ3) is 3.68. The van der Waals surface area contributed by atoms with Crippen LogP contribution in [0.2, 0.25) is 0 Å². The zero-order valence-electron chi connectivity index (χ0n) is 15.3. The molecule has 1 aromatic carbocycles. The molecule has 1 atom stereocenters. The maximum absolute atomic E-state index is 14.6. The van der Waals surface area contributed by atoms with Crippen molar-refractivity contribution >= 4 is 23.3 Å². The van der Waals surface area contributed by atoms with Crippen LogP contribution in [0.25, 0.3) is 0 Å². The van der Waals surface area contributed by atoms with Crippen LogP contribution in [0.15, 0.2) is 23.9 Å². The number of carboxylic acid groups (broad SMARTS) is 2. The average Bonchev–Trinajstić information content (AvgIpc) is 2.91. The quantitative estimate of drug-likeness (QED) is 0.395. The average molecular weight is 378 g/mol. The molecule has 1 unspecified atom stereocenters. The van der Waals surface area contributed by atoms with Crippen molar-refractivity contribution < 1.29 is 24.2 Å². The number of halogens is 1. The maximum Gasteiger partial charge on any atom is 0.344 e. The first-order valence-electron chi connectivity index (χ1n) is 8.76. The van der Waals surface area contributed by atoms with Gasteiger partial charge in [0, 0.05) is 37.9 Å². The first-order valence-corrected chi connectivity index (χ1v) is 8.76. The Hall–Kier alpha value is -2.81. The van der Waals surface area contributed by atoms with Crippen molar-refractivity contribution in [2.45, 2.75) is 19.4 Å². The minimum atomic E-state index is -1.53. The number of fused-ring (bicyclic) bond motifs is 1. The molecule has 9 heteroatoms. The highest BCUT2D eigenvalue weighted by Crippen LogP contribution is 2.39. The molecule has 0 amide bonds.